The molecule has 2 rings (SSSR count). The highest BCUT2D eigenvalue weighted by molar-refractivity contribution is 5.34. The first-order valence-electron chi connectivity index (χ1n) is 8.08. The molecule has 3 nitrogen and oxygen atoms in total. The minimum atomic E-state index is 0.0522. The number of nitrogens with two attached hydrogens (primary N) is 1. The molecule has 0 fully saturated rings. The minimum absolute atomic E-state index is 0.0522. The molecule has 1 heterocycles. The Balaban J connectivity index is 2.38. The van der Waals surface area contributed by atoms with E-state index in [-0.39, 0.29) is 11.3 Å². The van der Waals surface area contributed by atoms with Crippen molar-refractivity contribution in [3.63, 3.8) is 0 Å². The van der Waals surface area contributed by atoms with Crippen molar-refractivity contribution in [1.82, 2.24) is 9.78 Å². The zero-order valence-corrected chi connectivity index (χ0v) is 14.7. The standard InChI is InChI=1S/C19H29N3/c1-13(2)14-7-9-15(10-8-14)16(12-20)17-11-18(19(3,4)5)21-22(17)6/h7-11,13,16H,12,20H2,1-6H3. The lowest BCUT2D eigenvalue weighted by Gasteiger charge is -2.17. The van der Waals surface area contributed by atoms with Crippen LogP contribution in [-0.4, -0.2) is 16.3 Å². The van der Waals surface area contributed by atoms with Crippen LogP contribution in [0.2, 0.25) is 0 Å². The van der Waals surface area contributed by atoms with E-state index in [1.165, 1.54) is 16.8 Å². The van der Waals surface area contributed by atoms with Gasteiger partial charge in [-0.2, -0.15) is 5.10 Å². The molecule has 22 heavy (non-hydrogen) atoms. The summed E-state index contributed by atoms with van der Waals surface area (Å²) in [4.78, 5) is 0. The molecule has 1 unspecified atom stereocenters. The van der Waals surface area contributed by atoms with Crippen LogP contribution >= 0.6 is 0 Å². The molecular formula is C19H29N3. The van der Waals surface area contributed by atoms with Crippen molar-refractivity contribution in [2.75, 3.05) is 6.54 Å². The Morgan fingerprint density at radius 3 is 2.05 bits per heavy atom. The molecule has 0 aliphatic carbocycles. The third kappa shape index (κ3) is 3.41. The summed E-state index contributed by atoms with van der Waals surface area (Å²) in [6.45, 7) is 11.6. The molecule has 0 spiro atoms. The van der Waals surface area contributed by atoms with Gasteiger partial charge in [0.15, 0.2) is 0 Å². The van der Waals surface area contributed by atoms with Gasteiger partial charge < -0.3 is 5.73 Å². The Labute approximate surface area is 134 Å². The average Bonchev–Trinajstić information content (AvgIpc) is 2.83. The summed E-state index contributed by atoms with van der Waals surface area (Å²) in [6.07, 6.45) is 0. The van der Waals surface area contributed by atoms with Crippen LogP contribution in [0.5, 0.6) is 0 Å². The highest BCUT2D eigenvalue weighted by Gasteiger charge is 2.23. The summed E-state index contributed by atoms with van der Waals surface area (Å²) in [7, 11) is 2.01. The van der Waals surface area contributed by atoms with Crippen LogP contribution in [0.1, 0.15) is 69.0 Å². The predicted molar refractivity (Wildman–Crippen MR) is 93.3 cm³/mol. The van der Waals surface area contributed by atoms with Crippen LogP contribution in [0.25, 0.3) is 0 Å². The maximum Gasteiger partial charge on any atom is 0.0681 e. The highest BCUT2D eigenvalue weighted by Crippen LogP contribution is 2.29. The molecule has 2 aromatic rings. The van der Waals surface area contributed by atoms with Crippen LogP contribution < -0.4 is 5.73 Å². The van der Waals surface area contributed by atoms with E-state index in [9.17, 15) is 0 Å². The summed E-state index contributed by atoms with van der Waals surface area (Å²) < 4.78 is 1.98. The quantitative estimate of drug-likeness (QED) is 0.929. The molecule has 0 amide bonds. The first-order valence-corrected chi connectivity index (χ1v) is 8.08. The molecule has 2 N–H and O–H groups in total. The van der Waals surface area contributed by atoms with Gasteiger partial charge in [-0.1, -0.05) is 58.9 Å². The lowest BCUT2D eigenvalue weighted by Crippen LogP contribution is -2.17. The van der Waals surface area contributed by atoms with Crippen molar-refractivity contribution >= 4 is 0 Å². The molecule has 0 saturated heterocycles. The fraction of sp³-hybridized carbons (Fsp3) is 0.526. The van der Waals surface area contributed by atoms with Crippen LogP contribution in [0.15, 0.2) is 30.3 Å². The smallest absolute Gasteiger partial charge is 0.0681 e. The first-order chi connectivity index (χ1) is 10.2. The topological polar surface area (TPSA) is 43.8 Å². The van der Waals surface area contributed by atoms with Gasteiger partial charge in [-0.15, -0.1) is 0 Å². The van der Waals surface area contributed by atoms with Gasteiger partial charge in [0.2, 0.25) is 0 Å². The number of benzene rings is 1. The van der Waals surface area contributed by atoms with Gasteiger partial charge in [-0.05, 0) is 23.1 Å². The normalized spacial score (nSPS) is 13.6. The largest absolute Gasteiger partial charge is 0.329 e. The van der Waals surface area contributed by atoms with Crippen LogP contribution in [0, 0.1) is 0 Å². The van der Waals surface area contributed by atoms with Gasteiger partial charge in [0, 0.05) is 30.6 Å². The molecule has 0 radical (unpaired) electrons. The molecular weight excluding hydrogens is 270 g/mol. The van der Waals surface area contributed by atoms with E-state index in [1.807, 2.05) is 11.7 Å². The number of nitrogens with zero attached hydrogens (tertiary/aromatic N) is 2. The van der Waals surface area contributed by atoms with E-state index in [2.05, 4.69) is 70.0 Å². The number of aromatic nitrogens is 2. The van der Waals surface area contributed by atoms with E-state index >= 15 is 0 Å². The molecule has 0 bridgehead atoms. The number of hydrogen-bond acceptors (Lipinski definition) is 2. The molecule has 1 aromatic heterocycles. The van der Waals surface area contributed by atoms with Crippen molar-refractivity contribution in [3.05, 3.63) is 52.8 Å². The van der Waals surface area contributed by atoms with Gasteiger partial charge in [0.25, 0.3) is 0 Å². The fourth-order valence-corrected chi connectivity index (χ4v) is 2.72. The highest BCUT2D eigenvalue weighted by atomic mass is 15.3. The van der Waals surface area contributed by atoms with Crippen LogP contribution in [0.3, 0.4) is 0 Å². The molecule has 0 aliphatic heterocycles. The lowest BCUT2D eigenvalue weighted by atomic mass is 9.89. The second-order valence-electron chi connectivity index (χ2n) is 7.44. The Morgan fingerprint density at radius 2 is 1.64 bits per heavy atom. The zero-order valence-electron chi connectivity index (χ0n) is 14.7. The van der Waals surface area contributed by atoms with Crippen LogP contribution in [0.4, 0.5) is 0 Å². The summed E-state index contributed by atoms with van der Waals surface area (Å²) in [5, 5.41) is 4.68. The van der Waals surface area contributed by atoms with Gasteiger partial charge in [-0.25, -0.2) is 0 Å². The maximum atomic E-state index is 6.08. The molecule has 0 saturated carbocycles. The Bertz CT molecular complexity index is 615. The average molecular weight is 299 g/mol. The second kappa shape index (κ2) is 6.25. The van der Waals surface area contributed by atoms with E-state index in [0.717, 1.165) is 5.69 Å². The molecule has 3 heteroatoms. The third-order valence-electron chi connectivity index (χ3n) is 4.28. The fourth-order valence-electron chi connectivity index (χ4n) is 2.72. The molecule has 0 aliphatic rings. The summed E-state index contributed by atoms with van der Waals surface area (Å²) in [6, 6.07) is 11.0. The number of aryl methyl sites for hydroxylation is 1. The van der Waals surface area contributed by atoms with Gasteiger partial charge in [0.1, 0.15) is 0 Å². The van der Waals surface area contributed by atoms with Gasteiger partial charge in [0.05, 0.1) is 5.69 Å². The lowest BCUT2D eigenvalue weighted by molar-refractivity contribution is 0.550. The Kier molecular flexibility index (Phi) is 4.76. The van der Waals surface area contributed by atoms with Crippen molar-refractivity contribution in [1.29, 1.82) is 0 Å². The van der Waals surface area contributed by atoms with Gasteiger partial charge in [-0.3, -0.25) is 4.68 Å². The Hall–Kier alpha value is -1.61. The molecule has 1 atom stereocenters. The van der Waals surface area contributed by atoms with Crippen LogP contribution in [-0.2, 0) is 12.5 Å². The Morgan fingerprint density at radius 1 is 1.09 bits per heavy atom. The molecule has 1 aromatic carbocycles. The van der Waals surface area contributed by atoms with E-state index < -0.39 is 0 Å². The summed E-state index contributed by atoms with van der Waals surface area (Å²) in [5.41, 5.74) is 11.1. The third-order valence-corrected chi connectivity index (χ3v) is 4.28. The number of hydrogen-bond donors (Lipinski definition) is 1. The summed E-state index contributed by atoms with van der Waals surface area (Å²) in [5.74, 6) is 0.740. The van der Waals surface area contributed by atoms with Crippen molar-refractivity contribution in [3.8, 4) is 0 Å². The SMILES string of the molecule is CC(C)c1ccc(C(CN)c2cc(C(C)(C)C)nn2C)cc1. The van der Waals surface area contributed by atoms with Gasteiger partial charge >= 0.3 is 0 Å². The van der Waals surface area contributed by atoms with Crippen molar-refractivity contribution < 1.29 is 0 Å². The number of rotatable bonds is 4. The minimum Gasteiger partial charge on any atom is -0.329 e. The second-order valence-corrected chi connectivity index (χ2v) is 7.44. The predicted octanol–water partition coefficient (Wildman–Crippen LogP) is 3.93. The molecule has 120 valence electrons. The van der Waals surface area contributed by atoms with E-state index in [0.29, 0.717) is 12.5 Å². The van der Waals surface area contributed by atoms with E-state index in [1.54, 1.807) is 0 Å². The summed E-state index contributed by atoms with van der Waals surface area (Å²) >= 11 is 0. The van der Waals surface area contributed by atoms with Crippen molar-refractivity contribution in [2.45, 2.75) is 51.9 Å². The zero-order chi connectivity index (χ0) is 16.5. The maximum absolute atomic E-state index is 6.08. The van der Waals surface area contributed by atoms with E-state index in [4.69, 9.17) is 5.73 Å². The first kappa shape index (κ1) is 16.8. The van der Waals surface area contributed by atoms with Crippen molar-refractivity contribution in [2.24, 2.45) is 12.8 Å². The monoisotopic (exact) mass is 299 g/mol.